The number of alkyl halides is 1. The summed E-state index contributed by atoms with van der Waals surface area (Å²) in [4.78, 5) is -0.0599. The molecule has 0 N–H and O–H groups in total. The molecule has 2 nitrogen and oxygen atoms in total. The van der Waals surface area contributed by atoms with Crippen molar-refractivity contribution in [3.8, 4) is 11.5 Å². The number of ether oxygens (including phenoxy) is 2. The Kier molecular flexibility index (Phi) is 3.66. The third-order valence-corrected chi connectivity index (χ3v) is 4.61. The van der Waals surface area contributed by atoms with Crippen LogP contribution in [0.15, 0.2) is 42.5 Å². The van der Waals surface area contributed by atoms with Crippen molar-refractivity contribution in [1.29, 1.82) is 0 Å². The van der Waals surface area contributed by atoms with Gasteiger partial charge in [0.25, 0.3) is 0 Å². The van der Waals surface area contributed by atoms with Crippen LogP contribution in [0.4, 0.5) is 4.39 Å². The number of methoxy groups -OCH3 is 1. The highest BCUT2D eigenvalue weighted by Gasteiger charge is 2.30. The largest absolute Gasteiger partial charge is 0.494 e. The van der Waals surface area contributed by atoms with E-state index in [-0.39, 0.29) is 22.5 Å². The molecule has 2 unspecified atom stereocenters. The Labute approximate surface area is 125 Å². The van der Waals surface area contributed by atoms with Crippen molar-refractivity contribution in [3.63, 3.8) is 0 Å². The first-order chi connectivity index (χ1) is 9.69. The first kappa shape index (κ1) is 13.4. The van der Waals surface area contributed by atoms with Crippen LogP contribution in [-0.4, -0.2) is 13.2 Å². The van der Waals surface area contributed by atoms with Crippen molar-refractivity contribution in [3.05, 3.63) is 59.4 Å². The van der Waals surface area contributed by atoms with Crippen LogP contribution in [0.25, 0.3) is 0 Å². The maximum Gasteiger partial charge on any atom is 0.165 e. The van der Waals surface area contributed by atoms with Crippen LogP contribution >= 0.6 is 15.9 Å². The molecule has 1 aliphatic rings. The highest BCUT2D eigenvalue weighted by Crippen LogP contribution is 2.38. The number of hydrogen-bond donors (Lipinski definition) is 0. The normalized spacial score (nSPS) is 18.2. The molecule has 0 amide bonds. The molecule has 0 saturated heterocycles. The highest BCUT2D eigenvalue weighted by atomic mass is 79.9. The van der Waals surface area contributed by atoms with Crippen molar-refractivity contribution in [1.82, 2.24) is 0 Å². The van der Waals surface area contributed by atoms with Crippen LogP contribution in [0.3, 0.4) is 0 Å². The lowest BCUT2D eigenvalue weighted by Gasteiger charge is -2.18. The monoisotopic (exact) mass is 336 g/mol. The standard InChI is InChI=1S/C16H14BrFO2/c1-19-14-7-6-11(8-12(14)18)16(17)15-9-10-4-2-3-5-13(10)20-15/h2-8,15-16H,9H2,1H3. The molecule has 4 heteroatoms. The van der Waals surface area contributed by atoms with Gasteiger partial charge in [0.2, 0.25) is 0 Å². The Morgan fingerprint density at radius 3 is 2.80 bits per heavy atom. The van der Waals surface area contributed by atoms with E-state index < -0.39 is 0 Å². The van der Waals surface area contributed by atoms with E-state index in [1.165, 1.54) is 18.7 Å². The summed E-state index contributed by atoms with van der Waals surface area (Å²) < 4.78 is 24.6. The molecule has 1 aliphatic heterocycles. The second kappa shape index (κ2) is 5.44. The summed E-state index contributed by atoms with van der Waals surface area (Å²) in [7, 11) is 1.46. The average Bonchev–Trinajstić information content (AvgIpc) is 2.90. The van der Waals surface area contributed by atoms with E-state index in [9.17, 15) is 4.39 Å². The van der Waals surface area contributed by atoms with Crippen LogP contribution < -0.4 is 9.47 Å². The lowest BCUT2D eigenvalue weighted by atomic mass is 10.0. The topological polar surface area (TPSA) is 18.5 Å². The maximum atomic E-state index is 13.8. The molecule has 0 aliphatic carbocycles. The Morgan fingerprint density at radius 2 is 2.10 bits per heavy atom. The zero-order chi connectivity index (χ0) is 14.1. The maximum absolute atomic E-state index is 13.8. The fourth-order valence-electron chi connectivity index (χ4n) is 2.44. The molecule has 0 spiro atoms. The summed E-state index contributed by atoms with van der Waals surface area (Å²) in [6.45, 7) is 0. The molecule has 2 aromatic rings. The van der Waals surface area contributed by atoms with Gasteiger partial charge in [-0.2, -0.15) is 0 Å². The van der Waals surface area contributed by atoms with Gasteiger partial charge in [0.1, 0.15) is 11.9 Å². The Bertz CT molecular complexity index is 605. The third-order valence-electron chi connectivity index (χ3n) is 3.49. The second-order valence-corrected chi connectivity index (χ2v) is 5.75. The predicted molar refractivity (Wildman–Crippen MR) is 79.2 cm³/mol. The van der Waals surface area contributed by atoms with Crippen LogP contribution in [0, 0.1) is 5.82 Å². The lowest BCUT2D eigenvalue weighted by molar-refractivity contribution is 0.231. The van der Waals surface area contributed by atoms with E-state index in [1.807, 2.05) is 24.3 Å². The summed E-state index contributed by atoms with van der Waals surface area (Å²) >= 11 is 3.62. The number of halogens is 2. The first-order valence-corrected chi connectivity index (χ1v) is 7.32. The van der Waals surface area contributed by atoms with E-state index in [4.69, 9.17) is 9.47 Å². The molecule has 2 aromatic carbocycles. The molecular weight excluding hydrogens is 323 g/mol. The number of para-hydroxylation sites is 1. The number of benzene rings is 2. The minimum absolute atomic E-state index is 0.0276. The molecular formula is C16H14BrFO2. The molecule has 0 saturated carbocycles. The second-order valence-electron chi connectivity index (χ2n) is 4.76. The summed E-state index contributed by atoms with van der Waals surface area (Å²) in [5.74, 6) is 0.810. The zero-order valence-corrected chi connectivity index (χ0v) is 12.6. The Hall–Kier alpha value is -1.55. The fourth-order valence-corrected chi connectivity index (χ4v) is 3.02. The molecule has 0 fully saturated rings. The highest BCUT2D eigenvalue weighted by molar-refractivity contribution is 9.09. The lowest BCUT2D eigenvalue weighted by Crippen LogP contribution is -2.19. The van der Waals surface area contributed by atoms with Crippen molar-refractivity contribution < 1.29 is 13.9 Å². The van der Waals surface area contributed by atoms with Crippen molar-refractivity contribution in [2.24, 2.45) is 0 Å². The number of hydrogen-bond acceptors (Lipinski definition) is 2. The number of rotatable bonds is 3. The van der Waals surface area contributed by atoms with E-state index in [0.29, 0.717) is 0 Å². The van der Waals surface area contributed by atoms with Gasteiger partial charge in [-0.15, -0.1) is 0 Å². The molecule has 104 valence electrons. The SMILES string of the molecule is COc1ccc(C(Br)C2Cc3ccccc3O2)cc1F. The van der Waals surface area contributed by atoms with Crippen LogP contribution in [-0.2, 0) is 6.42 Å². The van der Waals surface area contributed by atoms with Gasteiger partial charge < -0.3 is 9.47 Å². The van der Waals surface area contributed by atoms with Gasteiger partial charge in [-0.25, -0.2) is 4.39 Å². The quantitative estimate of drug-likeness (QED) is 0.779. The average molecular weight is 337 g/mol. The summed E-state index contributed by atoms with van der Waals surface area (Å²) in [6, 6.07) is 13.0. The summed E-state index contributed by atoms with van der Waals surface area (Å²) in [6.07, 6.45) is 0.792. The van der Waals surface area contributed by atoms with Gasteiger partial charge in [-0.3, -0.25) is 0 Å². The molecule has 2 atom stereocenters. The molecule has 0 radical (unpaired) electrons. The van der Waals surface area contributed by atoms with E-state index in [2.05, 4.69) is 22.0 Å². The van der Waals surface area contributed by atoms with Crippen molar-refractivity contribution in [2.75, 3.05) is 7.11 Å². The molecule has 0 bridgehead atoms. The third kappa shape index (κ3) is 2.40. The van der Waals surface area contributed by atoms with Gasteiger partial charge in [-0.05, 0) is 29.3 Å². The summed E-state index contributed by atoms with van der Waals surface area (Å²) in [5.41, 5.74) is 2.04. The van der Waals surface area contributed by atoms with Gasteiger partial charge in [0.15, 0.2) is 11.6 Å². The van der Waals surface area contributed by atoms with E-state index >= 15 is 0 Å². The van der Waals surface area contributed by atoms with Crippen LogP contribution in [0.1, 0.15) is 16.0 Å². The van der Waals surface area contributed by atoms with Gasteiger partial charge in [0.05, 0.1) is 11.9 Å². The zero-order valence-electron chi connectivity index (χ0n) is 11.0. The van der Waals surface area contributed by atoms with Crippen molar-refractivity contribution in [2.45, 2.75) is 17.4 Å². The predicted octanol–water partition coefficient (Wildman–Crippen LogP) is 4.27. The van der Waals surface area contributed by atoms with Crippen LogP contribution in [0.2, 0.25) is 0 Å². The smallest absolute Gasteiger partial charge is 0.165 e. The molecule has 0 aromatic heterocycles. The molecule has 1 heterocycles. The van der Waals surface area contributed by atoms with Gasteiger partial charge in [-0.1, -0.05) is 40.2 Å². The fraction of sp³-hybridized carbons (Fsp3) is 0.250. The number of fused-ring (bicyclic) bond motifs is 1. The minimum Gasteiger partial charge on any atom is -0.494 e. The Balaban J connectivity index is 1.81. The van der Waals surface area contributed by atoms with E-state index in [1.54, 1.807) is 6.07 Å². The molecule has 3 rings (SSSR count). The van der Waals surface area contributed by atoms with Gasteiger partial charge in [0, 0.05) is 6.42 Å². The first-order valence-electron chi connectivity index (χ1n) is 6.41. The Morgan fingerprint density at radius 1 is 1.30 bits per heavy atom. The van der Waals surface area contributed by atoms with Crippen LogP contribution in [0.5, 0.6) is 11.5 Å². The minimum atomic E-state index is -0.357. The summed E-state index contributed by atoms with van der Waals surface area (Å²) in [5, 5.41) is 0. The van der Waals surface area contributed by atoms with Gasteiger partial charge >= 0.3 is 0 Å². The molecule has 20 heavy (non-hydrogen) atoms. The van der Waals surface area contributed by atoms with E-state index in [0.717, 1.165) is 17.7 Å². The van der Waals surface area contributed by atoms with Crippen molar-refractivity contribution >= 4 is 15.9 Å².